The third-order valence-electron chi connectivity index (χ3n) is 3.59. The second-order valence-electron chi connectivity index (χ2n) is 5.23. The zero-order chi connectivity index (χ0) is 16.2. The SMILES string of the molecule is CCc1ncc(C(=O)NCCN2CCN(S(C)(=O)=O)CC2)s1. The van der Waals surface area contributed by atoms with Crippen LogP contribution in [0.2, 0.25) is 0 Å². The number of amides is 1. The quantitative estimate of drug-likeness (QED) is 0.785. The third-order valence-corrected chi connectivity index (χ3v) is 6.04. The summed E-state index contributed by atoms with van der Waals surface area (Å²) in [5.74, 6) is -0.0908. The first-order chi connectivity index (χ1) is 10.4. The summed E-state index contributed by atoms with van der Waals surface area (Å²) in [5, 5.41) is 3.84. The molecule has 0 unspecified atom stereocenters. The second-order valence-corrected chi connectivity index (χ2v) is 8.33. The Morgan fingerprint density at radius 2 is 2.05 bits per heavy atom. The zero-order valence-corrected chi connectivity index (χ0v) is 14.5. The lowest BCUT2D eigenvalue weighted by molar-refractivity contribution is 0.0949. The van der Waals surface area contributed by atoms with Gasteiger partial charge in [-0.05, 0) is 6.42 Å². The summed E-state index contributed by atoms with van der Waals surface area (Å²) in [5.41, 5.74) is 0. The molecular weight excluding hydrogens is 324 g/mol. The highest BCUT2D eigenvalue weighted by Gasteiger charge is 2.23. The lowest BCUT2D eigenvalue weighted by Crippen LogP contribution is -2.49. The molecule has 0 aromatic carbocycles. The van der Waals surface area contributed by atoms with Crippen LogP contribution in [0.25, 0.3) is 0 Å². The minimum absolute atomic E-state index is 0.0908. The number of aromatic nitrogens is 1. The van der Waals surface area contributed by atoms with Gasteiger partial charge in [0.25, 0.3) is 5.91 Å². The number of hydrogen-bond acceptors (Lipinski definition) is 6. The number of hydrogen-bond donors (Lipinski definition) is 1. The number of nitrogens with zero attached hydrogens (tertiary/aromatic N) is 3. The molecule has 1 amide bonds. The van der Waals surface area contributed by atoms with Crippen LogP contribution in [-0.4, -0.2) is 74.0 Å². The molecule has 1 aliphatic rings. The first-order valence-corrected chi connectivity index (χ1v) is 9.97. The van der Waals surface area contributed by atoms with E-state index in [9.17, 15) is 13.2 Å². The molecule has 0 atom stereocenters. The fourth-order valence-electron chi connectivity index (χ4n) is 2.28. The van der Waals surface area contributed by atoms with E-state index in [2.05, 4.69) is 15.2 Å². The third kappa shape index (κ3) is 4.73. The van der Waals surface area contributed by atoms with Crippen molar-refractivity contribution in [2.24, 2.45) is 0 Å². The lowest BCUT2D eigenvalue weighted by atomic mass is 10.3. The van der Waals surface area contributed by atoms with E-state index in [0.29, 0.717) is 37.6 Å². The van der Waals surface area contributed by atoms with Crippen molar-refractivity contribution in [2.45, 2.75) is 13.3 Å². The molecule has 7 nitrogen and oxygen atoms in total. The topological polar surface area (TPSA) is 82.6 Å². The zero-order valence-electron chi connectivity index (χ0n) is 12.9. The summed E-state index contributed by atoms with van der Waals surface area (Å²) in [4.78, 5) is 18.9. The summed E-state index contributed by atoms with van der Waals surface area (Å²) in [6, 6.07) is 0. The molecule has 2 rings (SSSR count). The number of nitrogens with one attached hydrogen (secondary N) is 1. The summed E-state index contributed by atoms with van der Waals surface area (Å²) in [6.07, 6.45) is 3.69. The molecule has 1 saturated heterocycles. The van der Waals surface area contributed by atoms with E-state index in [-0.39, 0.29) is 5.91 Å². The number of carbonyl (C=O) groups excluding carboxylic acids is 1. The van der Waals surface area contributed by atoms with Crippen LogP contribution in [0.3, 0.4) is 0 Å². The van der Waals surface area contributed by atoms with E-state index in [1.165, 1.54) is 21.9 Å². The van der Waals surface area contributed by atoms with Gasteiger partial charge in [0.15, 0.2) is 0 Å². The number of carbonyl (C=O) groups is 1. The lowest BCUT2D eigenvalue weighted by Gasteiger charge is -2.33. The van der Waals surface area contributed by atoms with Gasteiger partial charge in [-0.2, -0.15) is 4.31 Å². The van der Waals surface area contributed by atoms with Gasteiger partial charge in [-0.1, -0.05) is 6.92 Å². The number of piperazine rings is 1. The van der Waals surface area contributed by atoms with Crippen molar-refractivity contribution in [1.29, 1.82) is 0 Å². The van der Waals surface area contributed by atoms with Gasteiger partial charge in [0, 0.05) is 39.3 Å². The molecule has 22 heavy (non-hydrogen) atoms. The molecule has 1 N–H and O–H groups in total. The van der Waals surface area contributed by atoms with Crippen LogP contribution >= 0.6 is 11.3 Å². The van der Waals surface area contributed by atoms with Crippen molar-refractivity contribution in [3.05, 3.63) is 16.1 Å². The van der Waals surface area contributed by atoms with Crippen molar-refractivity contribution >= 4 is 27.3 Å². The standard InChI is InChI=1S/C13H22N4O3S2/c1-3-12-15-10-11(21-12)13(18)14-4-5-16-6-8-17(9-7-16)22(2,19)20/h10H,3-9H2,1-2H3,(H,14,18). The van der Waals surface area contributed by atoms with Crippen molar-refractivity contribution in [3.63, 3.8) is 0 Å². The highest BCUT2D eigenvalue weighted by atomic mass is 32.2. The molecule has 0 spiro atoms. The molecule has 1 aromatic heterocycles. The molecule has 124 valence electrons. The van der Waals surface area contributed by atoms with Crippen molar-refractivity contribution in [3.8, 4) is 0 Å². The van der Waals surface area contributed by atoms with E-state index in [4.69, 9.17) is 0 Å². The van der Waals surface area contributed by atoms with Crippen LogP contribution in [-0.2, 0) is 16.4 Å². The Morgan fingerprint density at radius 3 is 2.59 bits per heavy atom. The molecule has 0 saturated carbocycles. The van der Waals surface area contributed by atoms with E-state index < -0.39 is 10.0 Å². The molecule has 2 heterocycles. The number of aryl methyl sites for hydroxylation is 1. The van der Waals surface area contributed by atoms with Gasteiger partial charge in [0.2, 0.25) is 10.0 Å². The largest absolute Gasteiger partial charge is 0.350 e. The van der Waals surface area contributed by atoms with Crippen LogP contribution in [0.15, 0.2) is 6.20 Å². The molecule has 9 heteroatoms. The van der Waals surface area contributed by atoms with Gasteiger partial charge in [-0.25, -0.2) is 13.4 Å². The fourth-order valence-corrected chi connectivity index (χ4v) is 3.88. The predicted molar refractivity (Wildman–Crippen MR) is 86.7 cm³/mol. The Bertz CT molecular complexity index is 607. The van der Waals surface area contributed by atoms with Gasteiger partial charge in [-0.15, -0.1) is 11.3 Å². The Hall–Kier alpha value is -1.03. The maximum atomic E-state index is 12.0. The fraction of sp³-hybridized carbons (Fsp3) is 0.692. The van der Waals surface area contributed by atoms with Gasteiger partial charge in [-0.3, -0.25) is 9.69 Å². The van der Waals surface area contributed by atoms with Crippen molar-refractivity contribution < 1.29 is 13.2 Å². The van der Waals surface area contributed by atoms with E-state index >= 15 is 0 Å². The van der Waals surface area contributed by atoms with Gasteiger partial charge >= 0.3 is 0 Å². The molecule has 0 aliphatic carbocycles. The number of sulfonamides is 1. The summed E-state index contributed by atoms with van der Waals surface area (Å²) < 4.78 is 24.3. The van der Waals surface area contributed by atoms with E-state index in [1.807, 2.05) is 6.92 Å². The highest BCUT2D eigenvalue weighted by Crippen LogP contribution is 2.12. The first-order valence-electron chi connectivity index (χ1n) is 7.30. The number of rotatable bonds is 6. The minimum atomic E-state index is -3.09. The first kappa shape index (κ1) is 17.3. The smallest absolute Gasteiger partial charge is 0.263 e. The monoisotopic (exact) mass is 346 g/mol. The summed E-state index contributed by atoms with van der Waals surface area (Å²) >= 11 is 1.42. The predicted octanol–water partition coefficient (Wildman–Crippen LogP) is 0.0125. The van der Waals surface area contributed by atoms with Gasteiger partial charge < -0.3 is 5.32 Å². The summed E-state index contributed by atoms with van der Waals surface area (Å²) in [6.45, 7) is 5.71. The summed E-state index contributed by atoms with van der Waals surface area (Å²) in [7, 11) is -3.09. The average molecular weight is 346 g/mol. The molecule has 0 bridgehead atoms. The highest BCUT2D eigenvalue weighted by molar-refractivity contribution is 7.88. The van der Waals surface area contributed by atoms with Crippen LogP contribution < -0.4 is 5.32 Å². The Morgan fingerprint density at radius 1 is 1.36 bits per heavy atom. The van der Waals surface area contributed by atoms with Gasteiger partial charge in [0.1, 0.15) is 4.88 Å². The molecule has 0 radical (unpaired) electrons. The van der Waals surface area contributed by atoms with Crippen molar-refractivity contribution in [1.82, 2.24) is 19.5 Å². The van der Waals surface area contributed by atoms with Crippen LogP contribution in [0.5, 0.6) is 0 Å². The molecular formula is C13H22N4O3S2. The Balaban J connectivity index is 1.70. The normalized spacial score (nSPS) is 17.5. The maximum Gasteiger partial charge on any atom is 0.263 e. The Labute approximate surface area is 135 Å². The van der Waals surface area contributed by atoms with E-state index in [1.54, 1.807) is 6.20 Å². The van der Waals surface area contributed by atoms with Gasteiger partial charge in [0.05, 0.1) is 17.5 Å². The molecule has 1 fully saturated rings. The van der Waals surface area contributed by atoms with Crippen molar-refractivity contribution in [2.75, 3.05) is 45.5 Å². The second kappa shape index (κ2) is 7.49. The Kier molecular flexibility index (Phi) is 5.90. The average Bonchev–Trinajstić information content (AvgIpc) is 2.96. The molecule has 1 aliphatic heterocycles. The van der Waals surface area contributed by atoms with Crippen LogP contribution in [0, 0.1) is 0 Å². The van der Waals surface area contributed by atoms with Crippen LogP contribution in [0.4, 0.5) is 0 Å². The van der Waals surface area contributed by atoms with E-state index in [0.717, 1.165) is 18.0 Å². The van der Waals surface area contributed by atoms with Crippen LogP contribution in [0.1, 0.15) is 21.6 Å². The number of thiazole rings is 1. The minimum Gasteiger partial charge on any atom is -0.350 e. The maximum absolute atomic E-state index is 12.0. The molecule has 1 aromatic rings.